The van der Waals surface area contributed by atoms with Gasteiger partial charge in [-0.15, -0.1) is 0 Å². The molecule has 1 heterocycles. The van der Waals surface area contributed by atoms with Crippen molar-refractivity contribution in [3.63, 3.8) is 0 Å². The average Bonchev–Trinajstić information content (AvgIpc) is 2.86. The number of nitrogens with zero attached hydrogens (tertiary/aromatic N) is 1. The first-order chi connectivity index (χ1) is 13.0. The fraction of sp³-hybridized carbons (Fsp3) is 0.458. The van der Waals surface area contributed by atoms with Crippen LogP contribution in [0, 0.1) is 0 Å². The van der Waals surface area contributed by atoms with Crippen molar-refractivity contribution < 1.29 is 9.22 Å². The molecule has 2 atom stereocenters. The third-order valence-electron chi connectivity index (χ3n) is 6.72. The summed E-state index contributed by atoms with van der Waals surface area (Å²) in [6.07, 6.45) is 0.774. The molecule has 28 heavy (non-hydrogen) atoms. The maximum Gasteiger partial charge on any atom is 0.250 e. The van der Waals surface area contributed by atoms with Crippen molar-refractivity contribution in [3.05, 3.63) is 65.7 Å². The predicted octanol–water partition coefficient (Wildman–Crippen LogP) is 5.61. The Labute approximate surface area is 170 Å². The van der Waals surface area contributed by atoms with E-state index < -0.39 is 13.7 Å². The number of hydrogen-bond acceptors (Lipinski definition) is 2. The average molecular weight is 396 g/mol. The van der Waals surface area contributed by atoms with Gasteiger partial charge >= 0.3 is 0 Å². The van der Waals surface area contributed by atoms with Crippen LogP contribution in [-0.2, 0) is 10.2 Å². The fourth-order valence-corrected chi connectivity index (χ4v) is 4.84. The molecule has 1 fully saturated rings. The second kappa shape index (κ2) is 7.07. The fourth-order valence-electron chi connectivity index (χ4n) is 3.81. The van der Waals surface area contributed by atoms with Gasteiger partial charge < -0.3 is 9.33 Å². The van der Waals surface area contributed by atoms with Crippen molar-refractivity contribution in [1.29, 1.82) is 0 Å². The first-order valence-electron chi connectivity index (χ1n) is 10.1. The van der Waals surface area contributed by atoms with E-state index >= 15 is 0 Å². The number of rotatable bonds is 4. The lowest BCUT2D eigenvalue weighted by molar-refractivity contribution is -0.130. The molecule has 2 aromatic carbocycles. The molecule has 4 heteroatoms. The SMILES string of the molecule is CC1CC(c2ccccc2)(c2cccc(O[Si](C)(C)C(C)(C)C)c2)C(=O)N1C. The van der Waals surface area contributed by atoms with Gasteiger partial charge in [-0.3, -0.25) is 4.79 Å². The first kappa shape index (κ1) is 20.7. The molecule has 0 bridgehead atoms. The van der Waals surface area contributed by atoms with Crippen LogP contribution in [0.1, 0.15) is 45.2 Å². The van der Waals surface area contributed by atoms with Gasteiger partial charge in [0.2, 0.25) is 14.2 Å². The second-order valence-electron chi connectivity index (χ2n) is 9.63. The zero-order valence-electron chi connectivity index (χ0n) is 18.2. The minimum absolute atomic E-state index is 0.123. The number of carbonyl (C=O) groups is 1. The molecule has 0 saturated carbocycles. The highest BCUT2D eigenvalue weighted by molar-refractivity contribution is 6.74. The standard InChI is InChI=1S/C24H33NO2Si/c1-18-17-24(22(26)25(18)5,19-12-9-8-10-13-19)20-14-11-15-21(16-20)27-28(6,7)23(2,3)4/h8-16,18H,17H2,1-7H3. The summed E-state index contributed by atoms with van der Waals surface area (Å²) in [6.45, 7) is 13.4. The van der Waals surface area contributed by atoms with E-state index in [-0.39, 0.29) is 17.0 Å². The van der Waals surface area contributed by atoms with Crippen LogP contribution in [-0.4, -0.2) is 32.2 Å². The molecule has 0 spiro atoms. The minimum atomic E-state index is -1.95. The molecule has 1 aliphatic heterocycles. The van der Waals surface area contributed by atoms with E-state index in [9.17, 15) is 4.79 Å². The molecule has 0 aliphatic carbocycles. The number of likely N-dealkylation sites (N-methyl/N-ethyl adjacent to an activating group) is 1. The molecule has 0 radical (unpaired) electrons. The molecular formula is C24H33NO2Si. The Kier molecular flexibility index (Phi) is 5.22. The van der Waals surface area contributed by atoms with Crippen molar-refractivity contribution in [2.75, 3.05) is 7.05 Å². The van der Waals surface area contributed by atoms with Gasteiger partial charge in [-0.2, -0.15) is 0 Å². The summed E-state index contributed by atoms with van der Waals surface area (Å²) in [6, 6.07) is 18.6. The van der Waals surface area contributed by atoms with E-state index in [1.54, 1.807) is 0 Å². The summed E-state index contributed by atoms with van der Waals surface area (Å²) < 4.78 is 6.55. The lowest BCUT2D eigenvalue weighted by atomic mass is 9.72. The van der Waals surface area contributed by atoms with Gasteiger partial charge in [0.25, 0.3) is 0 Å². The summed E-state index contributed by atoms with van der Waals surface area (Å²) in [5.74, 6) is 1.03. The van der Waals surface area contributed by atoms with E-state index in [0.29, 0.717) is 0 Å². The predicted molar refractivity (Wildman–Crippen MR) is 118 cm³/mol. The molecule has 1 saturated heterocycles. The summed E-state index contributed by atoms with van der Waals surface area (Å²) in [4.78, 5) is 15.4. The van der Waals surface area contributed by atoms with Crippen molar-refractivity contribution in [3.8, 4) is 5.75 Å². The largest absolute Gasteiger partial charge is 0.543 e. The Hall–Kier alpha value is -2.07. The first-order valence-corrected chi connectivity index (χ1v) is 13.0. The van der Waals surface area contributed by atoms with Gasteiger partial charge in [0.1, 0.15) is 11.2 Å². The normalized spacial score (nSPS) is 23.2. The van der Waals surface area contributed by atoms with Gasteiger partial charge in [-0.05, 0) is 54.7 Å². The van der Waals surface area contributed by atoms with Crippen molar-refractivity contribution in [1.82, 2.24) is 4.90 Å². The van der Waals surface area contributed by atoms with E-state index in [0.717, 1.165) is 23.3 Å². The Morgan fingerprint density at radius 1 is 1.04 bits per heavy atom. The highest BCUT2D eigenvalue weighted by Crippen LogP contribution is 2.45. The van der Waals surface area contributed by atoms with Crippen LogP contribution < -0.4 is 4.43 Å². The summed E-state index contributed by atoms with van der Waals surface area (Å²) >= 11 is 0. The Bertz CT molecular complexity index is 856. The molecule has 1 aliphatic rings. The third-order valence-corrected chi connectivity index (χ3v) is 11.1. The Balaban J connectivity index is 2.10. The van der Waals surface area contributed by atoms with Crippen LogP contribution in [0.2, 0.25) is 18.1 Å². The van der Waals surface area contributed by atoms with Gasteiger partial charge in [0, 0.05) is 13.1 Å². The van der Waals surface area contributed by atoms with Crippen molar-refractivity contribution in [2.45, 2.75) is 63.7 Å². The van der Waals surface area contributed by atoms with Gasteiger partial charge in [-0.25, -0.2) is 0 Å². The van der Waals surface area contributed by atoms with Crippen molar-refractivity contribution in [2.24, 2.45) is 0 Å². The van der Waals surface area contributed by atoms with Crippen LogP contribution >= 0.6 is 0 Å². The van der Waals surface area contributed by atoms with E-state index in [1.807, 2.05) is 42.3 Å². The van der Waals surface area contributed by atoms with Crippen LogP contribution in [0.15, 0.2) is 54.6 Å². The van der Waals surface area contributed by atoms with Gasteiger partial charge in [0.05, 0.1) is 0 Å². The van der Waals surface area contributed by atoms with Gasteiger partial charge in [-0.1, -0.05) is 63.2 Å². The lowest BCUT2D eigenvalue weighted by Crippen LogP contribution is -2.44. The Morgan fingerprint density at radius 3 is 2.18 bits per heavy atom. The monoisotopic (exact) mass is 395 g/mol. The van der Waals surface area contributed by atoms with Crippen LogP contribution in [0.25, 0.3) is 0 Å². The maximum absolute atomic E-state index is 13.5. The van der Waals surface area contributed by atoms with Crippen molar-refractivity contribution >= 4 is 14.2 Å². The number of carbonyl (C=O) groups excluding carboxylic acids is 1. The Morgan fingerprint density at radius 2 is 1.64 bits per heavy atom. The molecular weight excluding hydrogens is 362 g/mol. The lowest BCUT2D eigenvalue weighted by Gasteiger charge is -2.37. The molecule has 150 valence electrons. The molecule has 3 nitrogen and oxygen atoms in total. The number of benzene rings is 2. The molecule has 2 unspecified atom stereocenters. The minimum Gasteiger partial charge on any atom is -0.543 e. The van der Waals surface area contributed by atoms with E-state index in [2.05, 4.69) is 65.1 Å². The smallest absolute Gasteiger partial charge is 0.250 e. The molecule has 0 N–H and O–H groups in total. The van der Waals surface area contributed by atoms with Crippen LogP contribution in [0.3, 0.4) is 0 Å². The summed E-state index contributed by atoms with van der Waals surface area (Å²) in [5.41, 5.74) is 1.43. The summed E-state index contributed by atoms with van der Waals surface area (Å²) in [5, 5.41) is 0.123. The quantitative estimate of drug-likeness (QED) is 0.630. The topological polar surface area (TPSA) is 29.5 Å². The number of likely N-dealkylation sites (tertiary alicyclic amines) is 1. The third kappa shape index (κ3) is 3.39. The molecule has 1 amide bonds. The van der Waals surface area contributed by atoms with E-state index in [4.69, 9.17) is 4.43 Å². The highest BCUT2D eigenvalue weighted by atomic mass is 28.4. The van der Waals surface area contributed by atoms with E-state index in [1.165, 1.54) is 0 Å². The van der Waals surface area contributed by atoms with Crippen LogP contribution in [0.5, 0.6) is 5.75 Å². The second-order valence-corrected chi connectivity index (χ2v) is 14.4. The molecule has 2 aromatic rings. The summed E-state index contributed by atoms with van der Waals surface area (Å²) in [7, 11) is -0.0408. The number of amides is 1. The molecule has 0 aromatic heterocycles. The van der Waals surface area contributed by atoms with Gasteiger partial charge in [0.15, 0.2) is 0 Å². The highest BCUT2D eigenvalue weighted by Gasteiger charge is 2.51. The zero-order valence-corrected chi connectivity index (χ0v) is 19.2. The maximum atomic E-state index is 13.5. The van der Waals surface area contributed by atoms with Crippen LogP contribution in [0.4, 0.5) is 0 Å². The zero-order chi connectivity index (χ0) is 20.7. The number of hydrogen-bond donors (Lipinski definition) is 0. The molecule has 3 rings (SSSR count).